The highest BCUT2D eigenvalue weighted by Gasteiger charge is 2.14. The van der Waals surface area contributed by atoms with Crippen molar-refractivity contribution in [1.82, 2.24) is 9.97 Å². The summed E-state index contributed by atoms with van der Waals surface area (Å²) >= 11 is 5.98. The summed E-state index contributed by atoms with van der Waals surface area (Å²) in [5.41, 5.74) is 3.90. The number of halogens is 2. The third-order valence-electron chi connectivity index (χ3n) is 5.35. The van der Waals surface area contributed by atoms with Gasteiger partial charge in [-0.2, -0.15) is 4.98 Å². The molecule has 0 spiro atoms. The number of fused-ring (bicyclic) bond motifs is 1. The third-order valence-corrected chi connectivity index (χ3v) is 5.64. The number of hydrogen-bond acceptors (Lipinski definition) is 4. The lowest BCUT2D eigenvalue weighted by molar-refractivity contribution is 0.268. The molecule has 0 aliphatic carbocycles. The van der Waals surface area contributed by atoms with Crippen LogP contribution in [0.15, 0.2) is 97.2 Å². The zero-order valence-corrected chi connectivity index (χ0v) is 20.9. The molecule has 0 fully saturated rings. The van der Waals surface area contributed by atoms with Gasteiger partial charge in [-0.25, -0.2) is 4.39 Å². The highest BCUT2D eigenvalue weighted by atomic mass is 35.5. The lowest BCUT2D eigenvalue weighted by atomic mass is 10.1. The Kier molecular flexibility index (Phi) is 8.48. The van der Waals surface area contributed by atoms with Crippen LogP contribution < -0.4 is 9.47 Å². The van der Waals surface area contributed by atoms with Gasteiger partial charge in [0.15, 0.2) is 5.82 Å². The van der Waals surface area contributed by atoms with Crippen molar-refractivity contribution in [1.29, 1.82) is 0 Å². The molecule has 2 heterocycles. The summed E-state index contributed by atoms with van der Waals surface area (Å²) in [4.78, 5) is 9.01. The van der Waals surface area contributed by atoms with Crippen LogP contribution in [0.3, 0.4) is 0 Å². The van der Waals surface area contributed by atoms with Crippen LogP contribution >= 0.6 is 11.6 Å². The van der Waals surface area contributed by atoms with Crippen molar-refractivity contribution in [3.8, 4) is 22.9 Å². The number of rotatable bonds is 7. The molecule has 0 aliphatic rings. The van der Waals surface area contributed by atoms with Gasteiger partial charge in [-0.05, 0) is 35.4 Å². The molecule has 0 radical (unpaired) electrons. The second-order valence-corrected chi connectivity index (χ2v) is 8.11. The normalized spacial score (nSPS) is 10.4. The van der Waals surface area contributed by atoms with Crippen LogP contribution in [0.25, 0.3) is 22.0 Å². The molecule has 0 aliphatic heterocycles. The van der Waals surface area contributed by atoms with E-state index in [4.69, 9.17) is 21.1 Å². The zero-order chi connectivity index (χ0) is 25.3. The highest BCUT2D eigenvalue weighted by Crippen LogP contribution is 2.34. The average Bonchev–Trinajstić information content (AvgIpc) is 2.95. The van der Waals surface area contributed by atoms with E-state index in [2.05, 4.69) is 9.97 Å². The molecule has 4 nitrogen and oxygen atoms in total. The van der Waals surface area contributed by atoms with Crippen molar-refractivity contribution in [3.63, 3.8) is 0 Å². The van der Waals surface area contributed by atoms with E-state index in [-0.39, 0.29) is 5.02 Å². The Morgan fingerprint density at radius 1 is 0.778 bits per heavy atom. The van der Waals surface area contributed by atoms with Gasteiger partial charge >= 0.3 is 0 Å². The molecule has 0 saturated carbocycles. The van der Waals surface area contributed by atoms with E-state index in [1.807, 2.05) is 80.6 Å². The van der Waals surface area contributed by atoms with Gasteiger partial charge in [-0.15, -0.1) is 0 Å². The summed E-state index contributed by atoms with van der Waals surface area (Å²) in [5.74, 6) is 0.299. The van der Waals surface area contributed by atoms with Gasteiger partial charge in [0.2, 0.25) is 11.8 Å². The van der Waals surface area contributed by atoms with Gasteiger partial charge in [0, 0.05) is 28.8 Å². The van der Waals surface area contributed by atoms with Crippen molar-refractivity contribution in [3.05, 3.63) is 119 Å². The van der Waals surface area contributed by atoms with Crippen LogP contribution in [0.2, 0.25) is 5.02 Å². The first-order valence-corrected chi connectivity index (χ1v) is 12.1. The van der Waals surface area contributed by atoms with Crippen LogP contribution in [0.4, 0.5) is 4.39 Å². The quantitative estimate of drug-likeness (QED) is 0.225. The van der Waals surface area contributed by atoms with Crippen LogP contribution in [0.5, 0.6) is 11.8 Å². The molecule has 3 aromatic carbocycles. The number of benzene rings is 3. The summed E-state index contributed by atoms with van der Waals surface area (Å²) in [6, 6.07) is 28.2. The van der Waals surface area contributed by atoms with E-state index < -0.39 is 5.82 Å². The molecule has 6 heteroatoms. The molecule has 0 saturated heterocycles. The first-order valence-electron chi connectivity index (χ1n) is 11.8. The Labute approximate surface area is 215 Å². The van der Waals surface area contributed by atoms with Gasteiger partial charge < -0.3 is 9.47 Å². The molecule has 182 valence electrons. The maximum atomic E-state index is 14.7. The molecule has 5 rings (SSSR count). The highest BCUT2D eigenvalue weighted by molar-refractivity contribution is 6.31. The predicted molar refractivity (Wildman–Crippen MR) is 143 cm³/mol. The van der Waals surface area contributed by atoms with Crippen molar-refractivity contribution in [2.24, 2.45) is 0 Å². The van der Waals surface area contributed by atoms with Crippen molar-refractivity contribution < 1.29 is 13.9 Å². The smallest absolute Gasteiger partial charge is 0.225 e. The zero-order valence-electron chi connectivity index (χ0n) is 20.1. The minimum atomic E-state index is -0.504. The SMILES string of the molecule is CC.Fc1c(Cl)ccc2ncc(-c3ccc(OCc4ccccc4)nc3OCc3ccccc3)cc12. The molecule has 36 heavy (non-hydrogen) atoms. The lowest BCUT2D eigenvalue weighted by Crippen LogP contribution is -2.02. The fraction of sp³-hybridized carbons (Fsp3) is 0.133. The van der Waals surface area contributed by atoms with Crippen molar-refractivity contribution in [2.75, 3.05) is 0 Å². The summed E-state index contributed by atoms with van der Waals surface area (Å²) < 4.78 is 26.6. The molecular weight excluding hydrogens is 475 g/mol. The standard InChI is InChI=1S/C28H20ClFN2O2.C2H6/c29-24-12-13-25-23(27(24)30)15-21(16-31-25)22-11-14-26(33-17-19-7-3-1-4-8-19)32-28(22)34-18-20-9-5-2-6-10-20;1-2/h1-16H,17-18H2;1-2H3. The first kappa shape index (κ1) is 25.1. The van der Waals surface area contributed by atoms with Gasteiger partial charge in [-0.1, -0.05) is 86.1 Å². The van der Waals surface area contributed by atoms with E-state index in [0.717, 1.165) is 11.1 Å². The number of pyridine rings is 2. The van der Waals surface area contributed by atoms with Crippen LogP contribution in [-0.4, -0.2) is 9.97 Å². The topological polar surface area (TPSA) is 44.2 Å². The van der Waals surface area contributed by atoms with Crippen LogP contribution in [0, 0.1) is 5.82 Å². The molecule has 0 N–H and O–H groups in total. The molecule has 0 atom stereocenters. The van der Waals surface area contributed by atoms with E-state index in [1.165, 1.54) is 6.07 Å². The van der Waals surface area contributed by atoms with Crippen molar-refractivity contribution >= 4 is 22.5 Å². The van der Waals surface area contributed by atoms with E-state index in [9.17, 15) is 4.39 Å². The molecular formula is C30H26ClFN2O2. The van der Waals surface area contributed by atoms with E-state index in [1.54, 1.807) is 24.4 Å². The fourth-order valence-electron chi connectivity index (χ4n) is 3.58. The summed E-state index contributed by atoms with van der Waals surface area (Å²) in [7, 11) is 0. The maximum absolute atomic E-state index is 14.7. The molecule has 2 aromatic heterocycles. The summed E-state index contributed by atoms with van der Waals surface area (Å²) in [5, 5.41) is 0.387. The van der Waals surface area contributed by atoms with Gasteiger partial charge in [-0.3, -0.25) is 4.98 Å². The number of nitrogens with zero attached hydrogens (tertiary/aromatic N) is 2. The number of hydrogen-bond donors (Lipinski definition) is 0. The third kappa shape index (κ3) is 5.99. The number of aromatic nitrogens is 2. The second kappa shape index (κ2) is 12.1. The minimum Gasteiger partial charge on any atom is -0.473 e. The van der Waals surface area contributed by atoms with E-state index in [0.29, 0.717) is 47.0 Å². The largest absolute Gasteiger partial charge is 0.473 e. The maximum Gasteiger partial charge on any atom is 0.225 e. The molecule has 0 unspecified atom stereocenters. The van der Waals surface area contributed by atoms with Gasteiger partial charge in [0.05, 0.1) is 10.5 Å². The first-order chi connectivity index (χ1) is 17.7. The van der Waals surface area contributed by atoms with E-state index >= 15 is 0 Å². The van der Waals surface area contributed by atoms with Gasteiger partial charge in [0.1, 0.15) is 13.2 Å². The Morgan fingerprint density at radius 3 is 2.08 bits per heavy atom. The van der Waals surface area contributed by atoms with Crippen molar-refractivity contribution in [2.45, 2.75) is 27.1 Å². The average molecular weight is 501 g/mol. The minimum absolute atomic E-state index is 0.0507. The van der Waals surface area contributed by atoms with Crippen LogP contribution in [-0.2, 0) is 13.2 Å². The summed E-state index contributed by atoms with van der Waals surface area (Å²) in [6.07, 6.45) is 1.67. The Morgan fingerprint density at radius 2 is 1.42 bits per heavy atom. The Bertz CT molecular complexity index is 1430. The molecule has 0 amide bonds. The fourth-order valence-corrected chi connectivity index (χ4v) is 3.74. The lowest BCUT2D eigenvalue weighted by Gasteiger charge is -2.14. The van der Waals surface area contributed by atoms with Gasteiger partial charge in [0.25, 0.3) is 0 Å². The number of ether oxygens (including phenoxy) is 2. The molecule has 5 aromatic rings. The summed E-state index contributed by atoms with van der Waals surface area (Å²) in [6.45, 7) is 4.71. The molecule has 0 bridgehead atoms. The Balaban J connectivity index is 0.00000148. The predicted octanol–water partition coefficient (Wildman–Crippen LogP) is 8.27. The Hall–Kier alpha value is -3.96. The second-order valence-electron chi connectivity index (χ2n) is 7.70. The monoisotopic (exact) mass is 500 g/mol. The van der Waals surface area contributed by atoms with Crippen LogP contribution in [0.1, 0.15) is 25.0 Å².